The van der Waals surface area contributed by atoms with Crippen molar-refractivity contribution >= 4 is 44.2 Å². The summed E-state index contributed by atoms with van der Waals surface area (Å²) < 4.78 is 34.3. The summed E-state index contributed by atoms with van der Waals surface area (Å²) >= 11 is 0. The molecule has 42 heavy (non-hydrogen) atoms. The average Bonchev–Trinajstić information content (AvgIpc) is 3.02. The molecular formula is C32H30N4O5S. The van der Waals surface area contributed by atoms with Crippen LogP contribution in [0.2, 0.25) is 0 Å². The largest absolute Gasteiger partial charge is 0.465 e. The quantitative estimate of drug-likeness (QED) is 0.261. The molecule has 0 saturated heterocycles. The summed E-state index contributed by atoms with van der Waals surface area (Å²) in [5.41, 5.74) is 3.72. The number of nitrogens with zero attached hydrogens (tertiary/aromatic N) is 4. The number of carbonyl (C=O) groups excluding carboxylic acids is 2. The number of nitriles is 1. The highest BCUT2D eigenvalue weighted by Crippen LogP contribution is 2.34. The molecule has 2 heterocycles. The number of rotatable bonds is 9. The van der Waals surface area contributed by atoms with Crippen LogP contribution in [-0.2, 0) is 37.2 Å². The van der Waals surface area contributed by atoms with Crippen molar-refractivity contribution in [1.82, 2.24) is 4.98 Å². The van der Waals surface area contributed by atoms with Crippen molar-refractivity contribution in [2.75, 3.05) is 28.9 Å². The van der Waals surface area contributed by atoms with E-state index < -0.39 is 22.5 Å². The zero-order valence-corrected chi connectivity index (χ0v) is 24.0. The number of sulfonamides is 1. The normalized spacial score (nSPS) is 12.8. The molecule has 0 spiro atoms. The molecule has 214 valence electrons. The number of carbonyl (C=O) groups is 2. The predicted molar refractivity (Wildman–Crippen MR) is 160 cm³/mol. The van der Waals surface area contributed by atoms with Crippen molar-refractivity contribution < 1.29 is 22.7 Å². The van der Waals surface area contributed by atoms with Gasteiger partial charge in [0.25, 0.3) is 10.0 Å². The summed E-state index contributed by atoms with van der Waals surface area (Å²) in [6.07, 6.45) is 3.75. The number of fused-ring (bicyclic) bond motifs is 2. The molecule has 3 aromatic carbocycles. The van der Waals surface area contributed by atoms with Crippen LogP contribution in [-0.4, -0.2) is 45.0 Å². The van der Waals surface area contributed by atoms with Crippen molar-refractivity contribution in [3.05, 3.63) is 95.7 Å². The van der Waals surface area contributed by atoms with Crippen LogP contribution in [0.1, 0.15) is 36.5 Å². The molecule has 0 atom stereocenters. The summed E-state index contributed by atoms with van der Waals surface area (Å²) in [5.74, 6) is -0.711. The Hall–Kier alpha value is -4.75. The van der Waals surface area contributed by atoms with E-state index in [1.54, 1.807) is 66.4 Å². The second kappa shape index (κ2) is 12.4. The molecule has 10 heteroatoms. The minimum atomic E-state index is -4.23. The van der Waals surface area contributed by atoms with Crippen LogP contribution in [0.15, 0.2) is 83.9 Å². The third-order valence-electron chi connectivity index (χ3n) is 7.22. The number of hydrogen-bond donors (Lipinski definition) is 0. The van der Waals surface area contributed by atoms with Crippen LogP contribution in [0.25, 0.3) is 10.9 Å². The molecule has 1 aliphatic heterocycles. The van der Waals surface area contributed by atoms with Crippen LogP contribution in [0.4, 0.5) is 11.4 Å². The number of ether oxygens (including phenoxy) is 1. The Bertz CT molecular complexity index is 1780. The van der Waals surface area contributed by atoms with E-state index in [0.717, 1.165) is 27.5 Å². The second-order valence-corrected chi connectivity index (χ2v) is 11.7. The van der Waals surface area contributed by atoms with Crippen molar-refractivity contribution in [2.45, 2.75) is 37.5 Å². The van der Waals surface area contributed by atoms with Gasteiger partial charge in [-0.05, 0) is 79.8 Å². The van der Waals surface area contributed by atoms with E-state index >= 15 is 0 Å². The van der Waals surface area contributed by atoms with Gasteiger partial charge < -0.3 is 9.64 Å². The fraction of sp³-hybridized carbons (Fsp3) is 0.250. The number of aryl methyl sites for hydroxylation is 2. The van der Waals surface area contributed by atoms with Gasteiger partial charge in [0.05, 0.1) is 29.4 Å². The molecule has 0 bridgehead atoms. The Morgan fingerprint density at radius 1 is 1.07 bits per heavy atom. The highest BCUT2D eigenvalue weighted by Gasteiger charge is 2.31. The van der Waals surface area contributed by atoms with Gasteiger partial charge in [-0.3, -0.25) is 18.9 Å². The fourth-order valence-electron chi connectivity index (χ4n) is 5.17. The van der Waals surface area contributed by atoms with Gasteiger partial charge in [-0.1, -0.05) is 30.3 Å². The van der Waals surface area contributed by atoms with Gasteiger partial charge >= 0.3 is 5.97 Å². The van der Waals surface area contributed by atoms with Crippen LogP contribution in [0.5, 0.6) is 0 Å². The third kappa shape index (κ3) is 5.97. The lowest BCUT2D eigenvalue weighted by Crippen LogP contribution is -2.38. The van der Waals surface area contributed by atoms with E-state index in [1.807, 2.05) is 12.1 Å². The molecule has 5 rings (SSSR count). The lowest BCUT2D eigenvalue weighted by atomic mass is 9.99. The molecule has 0 fully saturated rings. The number of esters is 1. The SMILES string of the molecule is CCOC(=O)CN(c1ccc2c(c1)CCCN2C(=O)CCc1ccc(C#N)cc1)S(=O)(=O)c1cccc2cccnc12. The first kappa shape index (κ1) is 28.8. The Labute approximate surface area is 245 Å². The van der Waals surface area contributed by atoms with E-state index in [1.165, 1.54) is 12.3 Å². The lowest BCUT2D eigenvalue weighted by molar-refractivity contribution is -0.141. The first-order chi connectivity index (χ1) is 20.3. The molecule has 1 aromatic heterocycles. The number of anilines is 2. The van der Waals surface area contributed by atoms with Gasteiger partial charge in [0.15, 0.2) is 0 Å². The summed E-state index contributed by atoms with van der Waals surface area (Å²) in [5, 5.41) is 9.66. The maximum atomic E-state index is 14.1. The van der Waals surface area contributed by atoms with Gasteiger partial charge in [0.1, 0.15) is 11.4 Å². The predicted octanol–water partition coefficient (Wildman–Crippen LogP) is 4.78. The monoisotopic (exact) mass is 582 g/mol. The number of benzene rings is 3. The molecule has 0 unspecified atom stereocenters. The molecule has 4 aromatic rings. The number of para-hydroxylation sites is 1. The molecule has 9 nitrogen and oxygen atoms in total. The van der Waals surface area contributed by atoms with Crippen LogP contribution in [0.3, 0.4) is 0 Å². The van der Waals surface area contributed by atoms with E-state index in [-0.39, 0.29) is 17.4 Å². The van der Waals surface area contributed by atoms with Crippen molar-refractivity contribution in [1.29, 1.82) is 5.26 Å². The Morgan fingerprint density at radius 3 is 2.62 bits per heavy atom. The molecule has 1 amide bonds. The molecule has 0 radical (unpaired) electrons. The van der Waals surface area contributed by atoms with Gasteiger partial charge in [-0.25, -0.2) is 8.42 Å². The van der Waals surface area contributed by atoms with Crippen LogP contribution in [0, 0.1) is 11.3 Å². The average molecular weight is 583 g/mol. The van der Waals surface area contributed by atoms with Gasteiger partial charge in [-0.2, -0.15) is 5.26 Å². The third-order valence-corrected chi connectivity index (χ3v) is 9.03. The molecule has 0 aliphatic carbocycles. The van der Waals surface area contributed by atoms with Crippen molar-refractivity contribution in [2.24, 2.45) is 0 Å². The lowest BCUT2D eigenvalue weighted by Gasteiger charge is -2.31. The standard InChI is InChI=1S/C32H30N4O5S/c1-2-41-31(38)22-36(42(39,40)29-9-3-6-25-7-4-18-34-32(25)29)27-15-16-28-26(20-27)8-5-19-35(28)30(37)17-14-23-10-12-24(21-33)13-11-23/h3-4,6-7,9-13,15-16,18,20H,2,5,8,14,17,19,22H2,1H3. The van der Waals surface area contributed by atoms with Crippen molar-refractivity contribution in [3.8, 4) is 6.07 Å². The zero-order valence-electron chi connectivity index (χ0n) is 23.2. The number of aromatic nitrogens is 1. The van der Waals surface area contributed by atoms with Gasteiger partial charge in [-0.15, -0.1) is 0 Å². The highest BCUT2D eigenvalue weighted by atomic mass is 32.2. The van der Waals surface area contributed by atoms with Crippen molar-refractivity contribution in [3.63, 3.8) is 0 Å². The number of amides is 1. The topological polar surface area (TPSA) is 121 Å². The number of pyridine rings is 1. The first-order valence-corrected chi connectivity index (χ1v) is 15.2. The van der Waals surface area contributed by atoms with E-state index in [0.29, 0.717) is 48.0 Å². The zero-order chi connectivity index (χ0) is 29.7. The summed E-state index contributed by atoms with van der Waals surface area (Å²) in [4.78, 5) is 31.9. The minimum Gasteiger partial charge on any atom is -0.465 e. The maximum Gasteiger partial charge on any atom is 0.326 e. The number of hydrogen-bond acceptors (Lipinski definition) is 7. The second-order valence-electron chi connectivity index (χ2n) is 9.92. The van der Waals surface area contributed by atoms with Crippen LogP contribution < -0.4 is 9.21 Å². The first-order valence-electron chi connectivity index (χ1n) is 13.8. The van der Waals surface area contributed by atoms with E-state index in [9.17, 15) is 18.0 Å². The van der Waals surface area contributed by atoms with Crippen LogP contribution >= 0.6 is 0 Å². The summed E-state index contributed by atoms with van der Waals surface area (Å²) in [7, 11) is -4.23. The van der Waals surface area contributed by atoms with Gasteiger partial charge in [0, 0.05) is 30.2 Å². The summed E-state index contributed by atoms with van der Waals surface area (Å²) in [6, 6.07) is 22.8. The Kier molecular flexibility index (Phi) is 8.50. The molecule has 1 aliphatic rings. The Morgan fingerprint density at radius 2 is 1.86 bits per heavy atom. The highest BCUT2D eigenvalue weighted by molar-refractivity contribution is 7.93. The van der Waals surface area contributed by atoms with E-state index in [2.05, 4.69) is 11.1 Å². The molecule has 0 N–H and O–H groups in total. The molecular weight excluding hydrogens is 552 g/mol. The summed E-state index contributed by atoms with van der Waals surface area (Å²) in [6.45, 7) is 1.83. The molecule has 0 saturated carbocycles. The Balaban J connectivity index is 1.45. The van der Waals surface area contributed by atoms with Gasteiger partial charge in [0.2, 0.25) is 5.91 Å². The maximum absolute atomic E-state index is 14.1. The smallest absolute Gasteiger partial charge is 0.326 e. The minimum absolute atomic E-state index is 0.0118. The fourth-order valence-corrected chi connectivity index (χ4v) is 6.74. The van der Waals surface area contributed by atoms with E-state index in [4.69, 9.17) is 10.00 Å².